The number of halogens is 1. The van der Waals surface area contributed by atoms with E-state index in [-0.39, 0.29) is 0 Å². The van der Waals surface area contributed by atoms with Gasteiger partial charge < -0.3 is 0 Å². The number of aryl methyl sites for hydroxylation is 1. The zero-order valence-electron chi connectivity index (χ0n) is 19.9. The summed E-state index contributed by atoms with van der Waals surface area (Å²) in [5, 5.41) is 8.48. The Morgan fingerprint density at radius 1 is 1.00 bits per heavy atom. The minimum atomic E-state index is -0.721. The van der Waals surface area contributed by atoms with Crippen LogP contribution < -0.4 is 0 Å². The molecule has 2 aliphatic rings. The maximum absolute atomic E-state index is 12.9. The number of nitrogens with zero attached hydrogens (tertiary/aromatic N) is 1. The molecule has 1 nitrogen and oxygen atoms in total. The second-order valence-corrected chi connectivity index (χ2v) is 9.95. The molecule has 0 N–H and O–H groups in total. The van der Waals surface area contributed by atoms with Gasteiger partial charge in [-0.15, -0.1) is 0 Å². The summed E-state index contributed by atoms with van der Waals surface area (Å²) in [6.07, 6.45) is 20.0. The Labute approximate surface area is 195 Å². The average molecular weight is 434 g/mol. The topological polar surface area (TPSA) is 23.8 Å². The van der Waals surface area contributed by atoms with Gasteiger partial charge in [-0.25, -0.2) is 0 Å². The zero-order valence-corrected chi connectivity index (χ0v) is 19.9. The van der Waals surface area contributed by atoms with Crippen molar-refractivity contribution in [3.8, 4) is 6.07 Å². The predicted molar refractivity (Wildman–Crippen MR) is 133 cm³/mol. The molecule has 0 spiro atoms. The maximum atomic E-state index is 12.9. The summed E-state index contributed by atoms with van der Waals surface area (Å²) >= 11 is 0. The minimum Gasteiger partial charge on any atom is -0.195 e. The fourth-order valence-electron chi connectivity index (χ4n) is 5.68. The second kappa shape index (κ2) is 12.8. The zero-order chi connectivity index (χ0) is 22.8. The molecule has 2 heteroatoms. The summed E-state index contributed by atoms with van der Waals surface area (Å²) in [5.41, 5.74) is 4.51. The first-order valence-corrected chi connectivity index (χ1v) is 12.8. The standard InChI is InChI=1S/C30H40FN/c1-3-4-5-7-24-12-16-28(17-13-24)29-20-18-27(19-21-29)23(2)26-14-10-25(11-15-26)8-6-9-30(31)22-32/h6,8-9,12-13,16-17,25-27,29H,2-5,7,10-11,14-15,18-21H2,1H3/b8-6+,30-9-. The molecule has 0 heterocycles. The lowest BCUT2D eigenvalue weighted by atomic mass is 9.70. The van der Waals surface area contributed by atoms with Crippen molar-refractivity contribution in [3.63, 3.8) is 0 Å². The van der Waals surface area contributed by atoms with Crippen LogP contribution in [-0.2, 0) is 6.42 Å². The van der Waals surface area contributed by atoms with E-state index < -0.39 is 5.83 Å². The molecule has 172 valence electrons. The molecular weight excluding hydrogens is 393 g/mol. The van der Waals surface area contributed by atoms with E-state index in [0.717, 1.165) is 12.8 Å². The molecule has 0 aliphatic heterocycles. The highest BCUT2D eigenvalue weighted by atomic mass is 19.1. The molecule has 32 heavy (non-hydrogen) atoms. The molecule has 0 aromatic heterocycles. The molecular formula is C30H40FN. The van der Waals surface area contributed by atoms with E-state index in [9.17, 15) is 4.39 Å². The Balaban J connectivity index is 1.41. The molecule has 1 aromatic rings. The van der Waals surface area contributed by atoms with Crippen LogP contribution in [0, 0.1) is 29.1 Å². The molecule has 0 radical (unpaired) electrons. The van der Waals surface area contributed by atoms with Crippen LogP contribution in [0.3, 0.4) is 0 Å². The van der Waals surface area contributed by atoms with E-state index in [1.54, 1.807) is 6.08 Å². The van der Waals surface area contributed by atoms with Gasteiger partial charge in [0.25, 0.3) is 0 Å². The summed E-state index contributed by atoms with van der Waals surface area (Å²) in [6.45, 7) is 6.82. The lowest BCUT2D eigenvalue weighted by Gasteiger charge is -2.36. The highest BCUT2D eigenvalue weighted by Gasteiger charge is 2.29. The normalized spacial score (nSPS) is 26.7. The average Bonchev–Trinajstić information content (AvgIpc) is 2.84. The van der Waals surface area contributed by atoms with Crippen molar-refractivity contribution in [3.05, 3.63) is 71.6 Å². The lowest BCUT2D eigenvalue weighted by molar-refractivity contribution is 0.290. The van der Waals surface area contributed by atoms with Gasteiger partial charge >= 0.3 is 0 Å². The fraction of sp³-hybridized carbons (Fsp3) is 0.567. The van der Waals surface area contributed by atoms with Crippen molar-refractivity contribution >= 4 is 0 Å². The Morgan fingerprint density at radius 3 is 2.22 bits per heavy atom. The quantitative estimate of drug-likeness (QED) is 0.165. The Morgan fingerprint density at radius 2 is 1.62 bits per heavy atom. The van der Waals surface area contributed by atoms with E-state index in [4.69, 9.17) is 5.26 Å². The number of unbranched alkanes of at least 4 members (excludes halogenated alkanes) is 2. The first kappa shape index (κ1) is 24.5. The molecule has 2 fully saturated rings. The van der Waals surface area contributed by atoms with Crippen LogP contribution in [0.2, 0.25) is 0 Å². The van der Waals surface area contributed by atoms with Crippen LogP contribution >= 0.6 is 0 Å². The maximum Gasteiger partial charge on any atom is 0.199 e. The van der Waals surface area contributed by atoms with Crippen LogP contribution in [0.15, 0.2) is 60.5 Å². The SMILES string of the molecule is C=C(C1CCC(/C=C/C=C(\F)C#N)CC1)C1CCC(c2ccc(CCCCC)cc2)CC1. The summed E-state index contributed by atoms with van der Waals surface area (Å²) in [6, 6.07) is 11.0. The molecule has 0 bridgehead atoms. The van der Waals surface area contributed by atoms with Gasteiger partial charge in [0.1, 0.15) is 6.07 Å². The summed E-state index contributed by atoms with van der Waals surface area (Å²) in [7, 11) is 0. The number of hydrogen-bond donors (Lipinski definition) is 0. The van der Waals surface area contributed by atoms with E-state index in [1.807, 2.05) is 0 Å². The van der Waals surface area contributed by atoms with Gasteiger partial charge in [0.05, 0.1) is 0 Å². The van der Waals surface area contributed by atoms with Gasteiger partial charge in [-0.2, -0.15) is 9.65 Å². The van der Waals surface area contributed by atoms with Crippen LogP contribution in [0.5, 0.6) is 0 Å². The van der Waals surface area contributed by atoms with Gasteiger partial charge in [0.15, 0.2) is 5.83 Å². The van der Waals surface area contributed by atoms with Gasteiger partial charge in [-0.1, -0.05) is 68.3 Å². The highest BCUT2D eigenvalue weighted by Crippen LogP contribution is 2.43. The summed E-state index contributed by atoms with van der Waals surface area (Å²) in [4.78, 5) is 0. The molecule has 0 amide bonds. The van der Waals surface area contributed by atoms with Gasteiger partial charge in [-0.05, 0) is 105 Å². The number of hydrogen-bond acceptors (Lipinski definition) is 1. The van der Waals surface area contributed by atoms with E-state index in [2.05, 4.69) is 43.8 Å². The first-order chi connectivity index (χ1) is 15.6. The third-order valence-corrected chi connectivity index (χ3v) is 7.80. The van der Waals surface area contributed by atoms with Crippen molar-refractivity contribution in [2.45, 2.75) is 89.9 Å². The molecule has 3 rings (SSSR count). The number of allylic oxidation sites excluding steroid dienone is 5. The molecule has 0 saturated heterocycles. The summed E-state index contributed by atoms with van der Waals surface area (Å²) < 4.78 is 12.9. The van der Waals surface area contributed by atoms with Gasteiger partial charge in [0, 0.05) is 0 Å². The monoisotopic (exact) mass is 433 g/mol. The van der Waals surface area contributed by atoms with Crippen molar-refractivity contribution in [1.29, 1.82) is 5.26 Å². The van der Waals surface area contributed by atoms with Crippen LogP contribution in [0.25, 0.3) is 0 Å². The predicted octanol–water partition coefficient (Wildman–Crippen LogP) is 8.99. The van der Waals surface area contributed by atoms with Crippen molar-refractivity contribution in [1.82, 2.24) is 0 Å². The third-order valence-electron chi connectivity index (χ3n) is 7.80. The Bertz CT molecular complexity index is 809. The Kier molecular flexibility index (Phi) is 9.79. The third kappa shape index (κ3) is 7.19. The second-order valence-electron chi connectivity index (χ2n) is 9.95. The number of rotatable bonds is 9. The molecule has 2 saturated carbocycles. The largest absolute Gasteiger partial charge is 0.199 e. The lowest BCUT2D eigenvalue weighted by Crippen LogP contribution is -2.22. The number of benzene rings is 1. The van der Waals surface area contributed by atoms with E-state index >= 15 is 0 Å². The molecule has 1 aromatic carbocycles. The summed E-state index contributed by atoms with van der Waals surface area (Å²) in [5.74, 6) is 1.83. The fourth-order valence-corrected chi connectivity index (χ4v) is 5.68. The van der Waals surface area contributed by atoms with Gasteiger partial charge in [0.2, 0.25) is 0 Å². The van der Waals surface area contributed by atoms with Crippen LogP contribution in [0.1, 0.15) is 94.6 Å². The van der Waals surface area contributed by atoms with Crippen molar-refractivity contribution in [2.24, 2.45) is 17.8 Å². The van der Waals surface area contributed by atoms with E-state index in [0.29, 0.717) is 23.7 Å². The molecule has 0 unspecified atom stereocenters. The molecule has 0 atom stereocenters. The van der Waals surface area contributed by atoms with Crippen molar-refractivity contribution in [2.75, 3.05) is 0 Å². The Hall–Kier alpha value is -2.14. The minimum absolute atomic E-state index is 0.502. The molecule has 2 aliphatic carbocycles. The van der Waals surface area contributed by atoms with Gasteiger partial charge in [-0.3, -0.25) is 0 Å². The first-order valence-electron chi connectivity index (χ1n) is 12.8. The van der Waals surface area contributed by atoms with E-state index in [1.165, 1.54) is 93.1 Å². The van der Waals surface area contributed by atoms with Crippen molar-refractivity contribution < 1.29 is 4.39 Å². The smallest absolute Gasteiger partial charge is 0.195 e. The van der Waals surface area contributed by atoms with Crippen LogP contribution in [0.4, 0.5) is 4.39 Å². The van der Waals surface area contributed by atoms with Crippen LogP contribution in [-0.4, -0.2) is 0 Å². The number of nitriles is 1. The highest BCUT2D eigenvalue weighted by molar-refractivity contribution is 5.26.